The number of nitrogens with one attached hydrogen (secondary N) is 2. The number of benzene rings is 1. The normalized spacial score (nSPS) is 18.1. The number of aromatic nitrogens is 2. The number of hydrogen-bond donors (Lipinski definition) is 2. The maximum absolute atomic E-state index is 12.4. The number of amides is 2. The standard InChI is InChI=1S/C25H33N5O2S/c1-2-3-5-18-7-9-20(10-8-18)26-23(31)17-33-24-14-13-22(28-29-24)30-15-4-6-19(16-30)25(32)27-21-11-12-21/h7-10,13-14,19,21H,2-6,11-12,15-17H2,1H3,(H,26,31)(H,27,32)/t19-/m1/s1. The zero-order valence-electron chi connectivity index (χ0n) is 19.3. The molecule has 0 spiro atoms. The van der Waals surface area contributed by atoms with Gasteiger partial charge in [-0.1, -0.05) is 37.2 Å². The number of thioether (sulfide) groups is 1. The predicted molar refractivity (Wildman–Crippen MR) is 133 cm³/mol. The summed E-state index contributed by atoms with van der Waals surface area (Å²) in [5.74, 6) is 1.19. The number of aryl methyl sites for hydroxylation is 1. The van der Waals surface area contributed by atoms with Gasteiger partial charge in [0, 0.05) is 24.8 Å². The van der Waals surface area contributed by atoms with E-state index in [-0.39, 0.29) is 23.5 Å². The average molecular weight is 468 g/mol. The highest BCUT2D eigenvalue weighted by molar-refractivity contribution is 7.99. The van der Waals surface area contributed by atoms with Gasteiger partial charge in [-0.05, 0) is 68.4 Å². The van der Waals surface area contributed by atoms with E-state index in [1.165, 1.54) is 30.2 Å². The number of carbonyl (C=O) groups excluding carboxylic acids is 2. The van der Waals surface area contributed by atoms with Crippen molar-refractivity contribution in [1.29, 1.82) is 0 Å². The topological polar surface area (TPSA) is 87.2 Å². The Morgan fingerprint density at radius 2 is 1.91 bits per heavy atom. The first-order valence-corrected chi connectivity index (χ1v) is 13.0. The number of anilines is 2. The summed E-state index contributed by atoms with van der Waals surface area (Å²) in [6.07, 6.45) is 7.53. The third-order valence-electron chi connectivity index (χ3n) is 6.07. The third-order valence-corrected chi connectivity index (χ3v) is 6.99. The van der Waals surface area contributed by atoms with Crippen LogP contribution in [0.1, 0.15) is 51.0 Å². The number of hydrogen-bond acceptors (Lipinski definition) is 6. The van der Waals surface area contributed by atoms with Crippen molar-refractivity contribution in [3.63, 3.8) is 0 Å². The van der Waals surface area contributed by atoms with E-state index in [0.29, 0.717) is 17.6 Å². The molecule has 33 heavy (non-hydrogen) atoms. The molecule has 1 aliphatic carbocycles. The summed E-state index contributed by atoms with van der Waals surface area (Å²) in [6.45, 7) is 3.75. The van der Waals surface area contributed by atoms with Crippen molar-refractivity contribution in [2.24, 2.45) is 5.92 Å². The first-order valence-electron chi connectivity index (χ1n) is 12.0. The highest BCUT2D eigenvalue weighted by Crippen LogP contribution is 2.25. The highest BCUT2D eigenvalue weighted by atomic mass is 32.2. The molecule has 8 heteroatoms. The van der Waals surface area contributed by atoms with Crippen molar-refractivity contribution in [1.82, 2.24) is 15.5 Å². The van der Waals surface area contributed by atoms with Gasteiger partial charge < -0.3 is 15.5 Å². The molecule has 1 atom stereocenters. The molecule has 2 amide bonds. The molecule has 2 aliphatic rings. The first kappa shape index (κ1) is 23.5. The third kappa shape index (κ3) is 7.19. The summed E-state index contributed by atoms with van der Waals surface area (Å²) in [6, 6.07) is 12.3. The number of unbranched alkanes of at least 4 members (excludes halogenated alkanes) is 1. The maximum atomic E-state index is 12.4. The summed E-state index contributed by atoms with van der Waals surface area (Å²) in [4.78, 5) is 26.9. The summed E-state index contributed by atoms with van der Waals surface area (Å²) in [5.41, 5.74) is 2.11. The molecule has 2 N–H and O–H groups in total. The minimum atomic E-state index is -0.0623. The SMILES string of the molecule is CCCCc1ccc(NC(=O)CSc2ccc(N3CCC[C@@H](C(=O)NC4CC4)C3)nn2)cc1. The number of piperidine rings is 1. The fraction of sp³-hybridized carbons (Fsp3) is 0.520. The second-order valence-corrected chi connectivity index (χ2v) is 9.93. The van der Waals surface area contributed by atoms with E-state index in [4.69, 9.17) is 0 Å². The van der Waals surface area contributed by atoms with Gasteiger partial charge in [-0.2, -0.15) is 0 Å². The molecule has 7 nitrogen and oxygen atoms in total. The molecule has 176 valence electrons. The molecule has 2 heterocycles. The van der Waals surface area contributed by atoms with E-state index < -0.39 is 0 Å². The van der Waals surface area contributed by atoms with Gasteiger partial charge in [0.15, 0.2) is 5.82 Å². The Bertz CT molecular complexity index is 931. The monoisotopic (exact) mass is 467 g/mol. The van der Waals surface area contributed by atoms with Crippen molar-refractivity contribution >= 4 is 35.1 Å². The van der Waals surface area contributed by atoms with Gasteiger partial charge in [0.05, 0.1) is 11.7 Å². The predicted octanol–water partition coefficient (Wildman–Crippen LogP) is 4.05. The molecule has 1 aromatic heterocycles. The molecule has 4 rings (SSSR count). The molecule has 2 aromatic rings. The van der Waals surface area contributed by atoms with Crippen LogP contribution in [0.25, 0.3) is 0 Å². The van der Waals surface area contributed by atoms with E-state index in [0.717, 1.165) is 50.2 Å². The molecule has 1 saturated heterocycles. The van der Waals surface area contributed by atoms with Crippen molar-refractivity contribution < 1.29 is 9.59 Å². The molecule has 2 fully saturated rings. The summed E-state index contributed by atoms with van der Waals surface area (Å²) in [5, 5.41) is 15.4. The zero-order chi connectivity index (χ0) is 23.0. The minimum Gasteiger partial charge on any atom is -0.354 e. The highest BCUT2D eigenvalue weighted by Gasteiger charge is 2.30. The molecule has 1 aromatic carbocycles. The van der Waals surface area contributed by atoms with Crippen molar-refractivity contribution in [2.45, 2.75) is 62.9 Å². The fourth-order valence-electron chi connectivity index (χ4n) is 3.98. The molecular weight excluding hydrogens is 434 g/mol. The molecule has 0 bridgehead atoms. The van der Waals surface area contributed by atoms with Crippen LogP contribution in [-0.2, 0) is 16.0 Å². The first-order chi connectivity index (χ1) is 16.1. The van der Waals surface area contributed by atoms with E-state index in [9.17, 15) is 9.59 Å². The Balaban J connectivity index is 1.22. The Morgan fingerprint density at radius 1 is 1.09 bits per heavy atom. The lowest BCUT2D eigenvalue weighted by Crippen LogP contribution is -2.44. The lowest BCUT2D eigenvalue weighted by molar-refractivity contribution is -0.125. The minimum absolute atomic E-state index is 0.0135. The van der Waals surface area contributed by atoms with Crippen LogP contribution in [0.3, 0.4) is 0 Å². The van der Waals surface area contributed by atoms with Crippen LogP contribution < -0.4 is 15.5 Å². The lowest BCUT2D eigenvalue weighted by atomic mass is 9.97. The van der Waals surface area contributed by atoms with Gasteiger partial charge >= 0.3 is 0 Å². The summed E-state index contributed by atoms with van der Waals surface area (Å²) < 4.78 is 0. The Labute approximate surface area is 200 Å². The summed E-state index contributed by atoms with van der Waals surface area (Å²) >= 11 is 1.37. The van der Waals surface area contributed by atoms with Gasteiger partial charge in [0.1, 0.15) is 5.03 Å². The van der Waals surface area contributed by atoms with Crippen LogP contribution in [0.4, 0.5) is 11.5 Å². The van der Waals surface area contributed by atoms with E-state index in [2.05, 4.69) is 44.8 Å². The van der Waals surface area contributed by atoms with Crippen molar-refractivity contribution in [3.8, 4) is 0 Å². The Kier molecular flexibility index (Phi) is 8.20. The van der Waals surface area contributed by atoms with Crippen LogP contribution in [0, 0.1) is 5.92 Å². The maximum Gasteiger partial charge on any atom is 0.234 e. The molecule has 0 radical (unpaired) electrons. The average Bonchev–Trinajstić information content (AvgIpc) is 3.67. The van der Waals surface area contributed by atoms with Gasteiger partial charge in [0.2, 0.25) is 11.8 Å². The van der Waals surface area contributed by atoms with Crippen LogP contribution in [0.5, 0.6) is 0 Å². The van der Waals surface area contributed by atoms with Crippen molar-refractivity contribution in [3.05, 3.63) is 42.0 Å². The number of rotatable bonds is 10. The quantitative estimate of drug-likeness (QED) is 0.513. The van der Waals surface area contributed by atoms with Crippen LogP contribution in [0.15, 0.2) is 41.4 Å². The van der Waals surface area contributed by atoms with Crippen LogP contribution in [0.2, 0.25) is 0 Å². The van der Waals surface area contributed by atoms with Gasteiger partial charge in [0.25, 0.3) is 0 Å². The second kappa shape index (κ2) is 11.5. The zero-order valence-corrected chi connectivity index (χ0v) is 20.1. The molecule has 1 aliphatic heterocycles. The lowest BCUT2D eigenvalue weighted by Gasteiger charge is -2.32. The van der Waals surface area contributed by atoms with Gasteiger partial charge in [-0.3, -0.25) is 9.59 Å². The smallest absolute Gasteiger partial charge is 0.234 e. The number of carbonyl (C=O) groups is 2. The van der Waals surface area contributed by atoms with E-state index >= 15 is 0 Å². The largest absolute Gasteiger partial charge is 0.354 e. The van der Waals surface area contributed by atoms with Gasteiger partial charge in [-0.25, -0.2) is 0 Å². The summed E-state index contributed by atoms with van der Waals surface area (Å²) in [7, 11) is 0. The fourth-order valence-corrected chi connectivity index (χ4v) is 4.59. The van der Waals surface area contributed by atoms with Crippen molar-refractivity contribution in [2.75, 3.05) is 29.1 Å². The molecule has 1 saturated carbocycles. The van der Waals surface area contributed by atoms with E-state index in [1.807, 2.05) is 24.3 Å². The molecule has 0 unspecified atom stereocenters. The Morgan fingerprint density at radius 3 is 2.61 bits per heavy atom. The van der Waals surface area contributed by atoms with Gasteiger partial charge in [-0.15, -0.1) is 10.2 Å². The van der Waals surface area contributed by atoms with Crippen LogP contribution in [-0.4, -0.2) is 46.9 Å². The number of nitrogens with zero attached hydrogens (tertiary/aromatic N) is 3. The van der Waals surface area contributed by atoms with Crippen LogP contribution >= 0.6 is 11.8 Å². The Hall–Kier alpha value is -2.61. The van der Waals surface area contributed by atoms with E-state index in [1.54, 1.807) is 0 Å². The molecular formula is C25H33N5O2S. The second-order valence-electron chi connectivity index (χ2n) is 8.94.